The van der Waals surface area contributed by atoms with Crippen LogP contribution in [0.3, 0.4) is 0 Å². The van der Waals surface area contributed by atoms with Crippen LogP contribution in [0.4, 0.5) is 24.5 Å². The van der Waals surface area contributed by atoms with Gasteiger partial charge in [-0.1, -0.05) is 26.3 Å². The Bertz CT molecular complexity index is 472. The van der Waals surface area contributed by atoms with E-state index in [0.717, 1.165) is 6.07 Å². The molecule has 104 valence electrons. The van der Waals surface area contributed by atoms with Crippen LogP contribution >= 0.6 is 0 Å². The Morgan fingerprint density at radius 2 is 1.78 bits per heavy atom. The van der Waals surface area contributed by atoms with Crippen molar-refractivity contribution in [2.24, 2.45) is 0 Å². The summed E-state index contributed by atoms with van der Waals surface area (Å²) in [6.45, 7) is 4.25. The van der Waals surface area contributed by atoms with Crippen LogP contribution in [-0.2, 0) is 10.0 Å². The topological polar surface area (TPSA) is 72.2 Å². The lowest BCUT2D eigenvalue weighted by atomic mass is 10.3. The smallest absolute Gasteiger partial charge is 0.399 e. The molecular formula is C10H15F3N2O2S. The highest BCUT2D eigenvalue weighted by atomic mass is 32.2. The van der Waals surface area contributed by atoms with E-state index < -0.39 is 15.5 Å². The first-order valence-corrected chi connectivity index (χ1v) is 6.57. The minimum Gasteiger partial charge on any atom is -0.399 e. The molecule has 0 bridgehead atoms. The lowest BCUT2D eigenvalue weighted by molar-refractivity contribution is -0.0429. The molecule has 0 amide bonds. The van der Waals surface area contributed by atoms with Crippen molar-refractivity contribution in [3.05, 3.63) is 24.3 Å². The second-order valence-corrected chi connectivity index (χ2v) is 5.06. The molecule has 18 heavy (non-hydrogen) atoms. The second-order valence-electron chi connectivity index (χ2n) is 3.38. The van der Waals surface area contributed by atoms with E-state index in [4.69, 9.17) is 5.73 Å². The maximum absolute atomic E-state index is 11.9. The van der Waals surface area contributed by atoms with E-state index in [9.17, 15) is 21.6 Å². The molecule has 0 aliphatic carbocycles. The fourth-order valence-electron chi connectivity index (χ4n) is 0.815. The van der Waals surface area contributed by atoms with Crippen molar-refractivity contribution in [1.29, 1.82) is 0 Å². The molecule has 0 aliphatic heterocycles. The summed E-state index contributed by atoms with van der Waals surface area (Å²) in [5.41, 5.74) is -0.130. The molecule has 0 saturated heterocycles. The second kappa shape index (κ2) is 6.48. The predicted octanol–water partition coefficient (Wildman–Crippen LogP) is 2.95. The molecule has 1 rings (SSSR count). The summed E-state index contributed by atoms with van der Waals surface area (Å²) in [5, 5.41) is 0. The summed E-state index contributed by atoms with van der Waals surface area (Å²) in [4.78, 5) is 0. The number of benzene rings is 1. The van der Waals surface area contributed by atoms with Crippen LogP contribution in [0, 0.1) is 0 Å². The molecule has 0 heterocycles. The number of sulfonamides is 1. The Balaban J connectivity index is 0.000000873. The van der Waals surface area contributed by atoms with Gasteiger partial charge in [-0.15, -0.1) is 0 Å². The Kier molecular flexibility index (Phi) is 5.96. The highest BCUT2D eigenvalue weighted by molar-refractivity contribution is 7.93. The van der Waals surface area contributed by atoms with Gasteiger partial charge in [-0.3, -0.25) is 4.72 Å². The largest absolute Gasteiger partial charge is 0.516 e. The minimum absolute atomic E-state index is 0.164. The van der Waals surface area contributed by atoms with E-state index in [2.05, 4.69) is 13.8 Å². The van der Waals surface area contributed by atoms with Gasteiger partial charge in [-0.2, -0.15) is 21.6 Å². The van der Waals surface area contributed by atoms with Crippen LogP contribution in [0.2, 0.25) is 0 Å². The maximum atomic E-state index is 11.9. The number of rotatable bonds is 2. The molecule has 0 radical (unpaired) electrons. The van der Waals surface area contributed by atoms with E-state index in [1.165, 1.54) is 29.3 Å². The lowest BCUT2D eigenvalue weighted by Gasteiger charge is -2.10. The first-order chi connectivity index (χ1) is 8.14. The predicted molar refractivity (Wildman–Crippen MR) is 65.4 cm³/mol. The molecule has 0 saturated carbocycles. The van der Waals surface area contributed by atoms with E-state index in [0.29, 0.717) is 0 Å². The molecule has 0 spiro atoms. The van der Waals surface area contributed by atoms with Crippen molar-refractivity contribution in [2.45, 2.75) is 25.8 Å². The van der Waals surface area contributed by atoms with Gasteiger partial charge in [-0.05, 0) is 18.2 Å². The first-order valence-electron chi connectivity index (χ1n) is 5.08. The average Bonchev–Trinajstić information content (AvgIpc) is 2.15. The van der Waals surface area contributed by atoms with Gasteiger partial charge < -0.3 is 5.73 Å². The number of alkyl halides is 3. The zero-order valence-electron chi connectivity index (χ0n) is 9.95. The highest BCUT2D eigenvalue weighted by Crippen LogP contribution is 2.25. The summed E-state index contributed by atoms with van der Waals surface area (Å²) in [6.07, 6.45) is 1.25. The van der Waals surface area contributed by atoms with E-state index in [1.807, 2.05) is 0 Å². The van der Waals surface area contributed by atoms with Crippen LogP contribution in [0.25, 0.3) is 0 Å². The Labute approximate surface area is 104 Å². The Morgan fingerprint density at radius 3 is 2.17 bits per heavy atom. The van der Waals surface area contributed by atoms with Gasteiger partial charge in [0.15, 0.2) is 0 Å². The zero-order valence-corrected chi connectivity index (χ0v) is 10.8. The van der Waals surface area contributed by atoms with Crippen LogP contribution < -0.4 is 10.5 Å². The molecule has 0 aromatic heterocycles. The van der Waals surface area contributed by atoms with Crippen molar-refractivity contribution in [1.82, 2.24) is 0 Å². The SMILES string of the molecule is CCC.Nc1cccc(NS(=O)(=O)C(F)(F)F)c1. The molecule has 8 heteroatoms. The van der Waals surface area contributed by atoms with Crippen molar-refractivity contribution >= 4 is 21.4 Å². The van der Waals surface area contributed by atoms with Crippen LogP contribution in [0.15, 0.2) is 24.3 Å². The van der Waals surface area contributed by atoms with Gasteiger partial charge in [0.05, 0.1) is 5.69 Å². The van der Waals surface area contributed by atoms with Gasteiger partial charge in [0, 0.05) is 5.69 Å². The molecule has 4 nitrogen and oxygen atoms in total. The van der Waals surface area contributed by atoms with Gasteiger partial charge in [0.25, 0.3) is 0 Å². The molecule has 1 aromatic rings. The highest BCUT2D eigenvalue weighted by Gasteiger charge is 2.45. The molecule has 0 unspecified atom stereocenters. The molecule has 0 aliphatic rings. The molecule has 0 fully saturated rings. The lowest BCUT2D eigenvalue weighted by Crippen LogP contribution is -2.29. The van der Waals surface area contributed by atoms with Crippen molar-refractivity contribution in [3.63, 3.8) is 0 Å². The quantitative estimate of drug-likeness (QED) is 0.820. The van der Waals surface area contributed by atoms with Gasteiger partial charge >= 0.3 is 15.5 Å². The van der Waals surface area contributed by atoms with E-state index >= 15 is 0 Å². The molecule has 0 atom stereocenters. The van der Waals surface area contributed by atoms with Gasteiger partial charge in [0.1, 0.15) is 0 Å². The van der Waals surface area contributed by atoms with Crippen molar-refractivity contribution in [2.75, 3.05) is 10.5 Å². The minimum atomic E-state index is -5.37. The number of hydrogen-bond acceptors (Lipinski definition) is 3. The number of nitrogens with one attached hydrogen (secondary N) is 1. The fourth-order valence-corrected chi connectivity index (χ4v) is 1.37. The summed E-state index contributed by atoms with van der Waals surface area (Å²) in [7, 11) is -5.37. The van der Waals surface area contributed by atoms with Crippen molar-refractivity contribution < 1.29 is 21.6 Å². The van der Waals surface area contributed by atoms with Gasteiger partial charge in [0.2, 0.25) is 0 Å². The van der Waals surface area contributed by atoms with Gasteiger partial charge in [-0.25, -0.2) is 0 Å². The number of halogens is 3. The number of nitrogens with two attached hydrogens (primary N) is 1. The number of nitrogen functional groups attached to an aromatic ring is 1. The molecule has 1 aromatic carbocycles. The number of anilines is 2. The van der Waals surface area contributed by atoms with Crippen LogP contribution in [0.1, 0.15) is 20.3 Å². The summed E-state index contributed by atoms with van der Waals surface area (Å²) >= 11 is 0. The summed E-state index contributed by atoms with van der Waals surface area (Å²) in [5.74, 6) is 0. The van der Waals surface area contributed by atoms with E-state index in [-0.39, 0.29) is 11.4 Å². The Hall–Kier alpha value is -1.44. The average molecular weight is 284 g/mol. The van der Waals surface area contributed by atoms with Crippen LogP contribution in [-0.4, -0.2) is 13.9 Å². The number of hydrogen-bond donors (Lipinski definition) is 2. The first kappa shape index (κ1) is 16.6. The fraction of sp³-hybridized carbons (Fsp3) is 0.400. The summed E-state index contributed by atoms with van der Waals surface area (Å²) < 4.78 is 58.5. The maximum Gasteiger partial charge on any atom is 0.516 e. The normalized spacial score (nSPS) is 11.4. The van der Waals surface area contributed by atoms with E-state index in [1.54, 1.807) is 0 Å². The Morgan fingerprint density at radius 1 is 1.28 bits per heavy atom. The zero-order chi connectivity index (χ0) is 14.4. The standard InChI is InChI=1S/C7H7F3N2O2S.C3H8/c8-7(9,10)15(13,14)12-6-3-1-2-5(11)4-6;1-3-2/h1-4,12H,11H2;3H2,1-2H3. The van der Waals surface area contributed by atoms with Crippen molar-refractivity contribution in [3.8, 4) is 0 Å². The third-order valence-corrected chi connectivity index (χ3v) is 2.56. The monoisotopic (exact) mass is 284 g/mol. The third-order valence-electron chi connectivity index (χ3n) is 1.44. The summed E-state index contributed by atoms with van der Waals surface area (Å²) in [6, 6.07) is 5.01. The molecular weight excluding hydrogens is 269 g/mol. The molecule has 3 N–H and O–H groups in total. The third kappa shape index (κ3) is 5.26. The van der Waals surface area contributed by atoms with Crippen LogP contribution in [0.5, 0.6) is 0 Å².